The molecule has 2 N–H and O–H groups in total. The molecule has 0 amide bonds. The van der Waals surface area contributed by atoms with Gasteiger partial charge in [0.1, 0.15) is 11.5 Å². The first-order valence-corrected chi connectivity index (χ1v) is 8.40. The van der Waals surface area contributed by atoms with Gasteiger partial charge in [-0.15, -0.1) is 30.6 Å². The van der Waals surface area contributed by atoms with E-state index in [2.05, 4.69) is 26.9 Å². The molecule has 0 spiro atoms. The minimum absolute atomic E-state index is 0. The molecule has 0 aliphatic heterocycles. The molecule has 0 fully saturated rings. The first-order chi connectivity index (χ1) is 13.0. The van der Waals surface area contributed by atoms with Gasteiger partial charge in [0.2, 0.25) is 0 Å². The highest BCUT2D eigenvalue weighted by Crippen LogP contribution is 2.19. The Morgan fingerprint density at radius 3 is 2.54 bits per heavy atom. The van der Waals surface area contributed by atoms with Gasteiger partial charge in [-0.3, -0.25) is 0 Å². The summed E-state index contributed by atoms with van der Waals surface area (Å²) in [6.07, 6.45) is -0.290. The summed E-state index contributed by atoms with van der Waals surface area (Å²) in [6, 6.07) is 10.1. The molecular weight excluding hydrogens is 486 g/mol. The van der Waals surface area contributed by atoms with Crippen LogP contribution in [0.5, 0.6) is 5.75 Å². The van der Waals surface area contributed by atoms with Crippen LogP contribution < -0.4 is 15.4 Å². The van der Waals surface area contributed by atoms with Gasteiger partial charge in [0, 0.05) is 19.5 Å². The van der Waals surface area contributed by atoms with E-state index >= 15 is 0 Å². The van der Waals surface area contributed by atoms with Gasteiger partial charge in [0.15, 0.2) is 12.6 Å². The van der Waals surface area contributed by atoms with Crippen molar-refractivity contribution in [1.82, 2.24) is 10.6 Å². The molecule has 0 radical (unpaired) electrons. The van der Waals surface area contributed by atoms with E-state index in [4.69, 9.17) is 4.42 Å². The second kappa shape index (κ2) is 12.3. The quantitative estimate of drug-likeness (QED) is 0.229. The third-order valence-electron chi connectivity index (χ3n) is 3.40. The Labute approximate surface area is 179 Å². The molecule has 0 saturated heterocycles. The predicted molar refractivity (Wildman–Crippen MR) is 113 cm³/mol. The Morgan fingerprint density at radius 2 is 1.93 bits per heavy atom. The first-order valence-electron chi connectivity index (χ1n) is 8.40. The van der Waals surface area contributed by atoms with Crippen LogP contribution in [-0.4, -0.2) is 31.8 Å². The molecule has 2 aromatic rings. The largest absolute Gasteiger partial charge is 0.484 e. The van der Waals surface area contributed by atoms with E-state index < -0.39 is 12.8 Å². The van der Waals surface area contributed by atoms with Gasteiger partial charge in [0.25, 0.3) is 0 Å². The fraction of sp³-hybridized carbons (Fsp3) is 0.316. The van der Waals surface area contributed by atoms with Crippen LogP contribution in [0.3, 0.4) is 0 Å². The van der Waals surface area contributed by atoms with Crippen molar-refractivity contribution in [1.29, 1.82) is 0 Å². The summed E-state index contributed by atoms with van der Waals surface area (Å²) in [5, 5.41) is 6.30. The maximum Gasteiger partial charge on any atom is 0.422 e. The molecule has 0 atom stereocenters. The lowest BCUT2D eigenvalue weighted by Gasteiger charge is -2.11. The highest BCUT2D eigenvalue weighted by molar-refractivity contribution is 14.0. The number of ether oxygens (including phenoxy) is 1. The van der Waals surface area contributed by atoms with Gasteiger partial charge in [-0.2, -0.15) is 13.2 Å². The maximum atomic E-state index is 12.2. The monoisotopic (exact) mass is 509 g/mol. The van der Waals surface area contributed by atoms with Crippen LogP contribution in [0.25, 0.3) is 0 Å². The van der Waals surface area contributed by atoms with Crippen molar-refractivity contribution >= 4 is 29.9 Å². The van der Waals surface area contributed by atoms with Crippen molar-refractivity contribution in [3.63, 3.8) is 0 Å². The third-order valence-corrected chi connectivity index (χ3v) is 3.40. The Morgan fingerprint density at radius 1 is 1.18 bits per heavy atom. The highest BCUT2D eigenvalue weighted by atomic mass is 127. The minimum atomic E-state index is -4.35. The zero-order chi connectivity index (χ0) is 19.5. The lowest BCUT2D eigenvalue weighted by Crippen LogP contribution is -2.38. The van der Waals surface area contributed by atoms with Crippen LogP contribution in [0.4, 0.5) is 13.2 Å². The van der Waals surface area contributed by atoms with Crippen LogP contribution in [-0.2, 0) is 13.0 Å². The van der Waals surface area contributed by atoms with E-state index in [1.165, 1.54) is 12.1 Å². The van der Waals surface area contributed by atoms with Crippen LogP contribution in [0, 0.1) is 0 Å². The summed E-state index contributed by atoms with van der Waals surface area (Å²) >= 11 is 0. The second-order valence-corrected chi connectivity index (χ2v) is 5.64. The Balaban J connectivity index is 0.00000392. The number of hydrogen-bond acceptors (Lipinski definition) is 3. The minimum Gasteiger partial charge on any atom is -0.484 e. The van der Waals surface area contributed by atoms with Gasteiger partial charge in [-0.25, -0.2) is 4.99 Å². The summed E-state index contributed by atoms with van der Waals surface area (Å²) in [6.45, 7) is 3.92. The Kier molecular flexibility index (Phi) is 10.5. The topological polar surface area (TPSA) is 58.8 Å². The molecule has 2 rings (SSSR count). The van der Waals surface area contributed by atoms with Crippen molar-refractivity contribution in [2.45, 2.75) is 19.1 Å². The van der Waals surface area contributed by atoms with Gasteiger partial charge in [-0.05, 0) is 29.8 Å². The lowest BCUT2D eigenvalue weighted by atomic mass is 10.2. The fourth-order valence-electron chi connectivity index (χ4n) is 2.13. The number of aliphatic imine (C=N–C) groups is 1. The number of hydrogen-bond donors (Lipinski definition) is 2. The van der Waals surface area contributed by atoms with Crippen molar-refractivity contribution in [3.05, 3.63) is 66.6 Å². The van der Waals surface area contributed by atoms with E-state index in [1.807, 2.05) is 12.1 Å². The first kappa shape index (κ1) is 23.9. The van der Waals surface area contributed by atoms with E-state index in [9.17, 15) is 13.2 Å². The van der Waals surface area contributed by atoms with E-state index in [0.29, 0.717) is 32.0 Å². The van der Waals surface area contributed by atoms with Crippen molar-refractivity contribution in [2.75, 3.05) is 19.7 Å². The van der Waals surface area contributed by atoms with Gasteiger partial charge < -0.3 is 19.8 Å². The summed E-state index contributed by atoms with van der Waals surface area (Å²) < 4.78 is 46.4. The van der Waals surface area contributed by atoms with Crippen LogP contribution in [0.1, 0.15) is 11.3 Å². The summed E-state index contributed by atoms with van der Waals surface area (Å²) in [5.41, 5.74) is 0.847. The molecule has 0 saturated carbocycles. The number of nitrogens with one attached hydrogen (secondary N) is 2. The molecule has 154 valence electrons. The number of guanidine groups is 1. The number of rotatable bonds is 9. The second-order valence-electron chi connectivity index (χ2n) is 5.64. The number of benzene rings is 1. The Hall–Kier alpha value is -2.17. The standard InChI is InChI=1S/C19H22F3N3O2.HI/c1-2-10-23-18(24-11-9-16-4-3-12-26-16)25-13-15-5-7-17(8-6-15)27-14-19(20,21)22;/h2-8,12H,1,9-11,13-14H2,(H2,23,24,25);1H. The molecule has 1 aromatic carbocycles. The molecule has 5 nitrogen and oxygen atoms in total. The van der Waals surface area contributed by atoms with Gasteiger partial charge in [0.05, 0.1) is 12.8 Å². The number of halogens is 4. The normalized spacial score (nSPS) is 11.5. The van der Waals surface area contributed by atoms with Crippen LogP contribution in [0.2, 0.25) is 0 Å². The average molecular weight is 509 g/mol. The zero-order valence-corrected chi connectivity index (χ0v) is 17.5. The number of furan rings is 1. The summed E-state index contributed by atoms with van der Waals surface area (Å²) in [5.74, 6) is 1.65. The third kappa shape index (κ3) is 9.67. The van der Waals surface area contributed by atoms with Crippen LogP contribution in [0.15, 0.2) is 64.7 Å². The van der Waals surface area contributed by atoms with Crippen LogP contribution >= 0.6 is 24.0 Å². The lowest BCUT2D eigenvalue weighted by molar-refractivity contribution is -0.153. The zero-order valence-electron chi connectivity index (χ0n) is 15.2. The molecule has 1 aromatic heterocycles. The molecule has 0 aliphatic rings. The van der Waals surface area contributed by atoms with E-state index in [1.54, 1.807) is 24.5 Å². The molecule has 0 unspecified atom stereocenters. The van der Waals surface area contributed by atoms with E-state index in [-0.39, 0.29) is 29.7 Å². The Bertz CT molecular complexity index is 717. The fourth-order valence-corrected chi connectivity index (χ4v) is 2.13. The summed E-state index contributed by atoms with van der Waals surface area (Å²) in [7, 11) is 0. The highest BCUT2D eigenvalue weighted by Gasteiger charge is 2.28. The summed E-state index contributed by atoms with van der Waals surface area (Å²) in [4.78, 5) is 4.46. The van der Waals surface area contributed by atoms with E-state index in [0.717, 1.165) is 11.3 Å². The van der Waals surface area contributed by atoms with Crippen molar-refractivity contribution in [2.24, 2.45) is 4.99 Å². The van der Waals surface area contributed by atoms with Crippen molar-refractivity contribution in [3.8, 4) is 5.75 Å². The molecular formula is C19H23F3IN3O2. The SMILES string of the molecule is C=CCNC(=NCc1ccc(OCC(F)(F)F)cc1)NCCc1ccco1.I. The molecule has 0 bridgehead atoms. The molecule has 0 aliphatic carbocycles. The van der Waals surface area contributed by atoms with Gasteiger partial charge in [-0.1, -0.05) is 18.2 Å². The number of alkyl halides is 3. The molecule has 28 heavy (non-hydrogen) atoms. The smallest absolute Gasteiger partial charge is 0.422 e. The van der Waals surface area contributed by atoms with Gasteiger partial charge >= 0.3 is 6.18 Å². The predicted octanol–water partition coefficient (Wildman–Crippen LogP) is 4.30. The van der Waals surface area contributed by atoms with Crippen molar-refractivity contribution < 1.29 is 22.3 Å². The maximum absolute atomic E-state index is 12.2. The molecule has 1 heterocycles. The average Bonchev–Trinajstić information content (AvgIpc) is 3.15. The molecule has 9 heteroatoms. The number of nitrogens with zero attached hydrogens (tertiary/aromatic N) is 1.